The van der Waals surface area contributed by atoms with Crippen molar-refractivity contribution in [3.05, 3.63) is 0 Å². The van der Waals surface area contributed by atoms with Crippen LogP contribution in [0.25, 0.3) is 0 Å². The maximum atomic E-state index is 3.85. The van der Waals surface area contributed by atoms with E-state index in [9.17, 15) is 0 Å². The van der Waals surface area contributed by atoms with Crippen molar-refractivity contribution in [1.82, 2.24) is 5.32 Å². The Morgan fingerprint density at radius 3 is 2.33 bits per heavy atom. The molecule has 1 aliphatic rings. The molecule has 0 spiro atoms. The van der Waals surface area contributed by atoms with Gasteiger partial charge in [-0.1, -0.05) is 47.5 Å². The minimum absolute atomic E-state index is 0.769. The smallest absolute Gasteiger partial charge is 0.00980 e. The van der Waals surface area contributed by atoms with Gasteiger partial charge in [0.2, 0.25) is 0 Å². The molecule has 18 heavy (non-hydrogen) atoms. The van der Waals surface area contributed by atoms with Gasteiger partial charge < -0.3 is 5.32 Å². The fourth-order valence-corrected chi connectivity index (χ4v) is 3.85. The zero-order valence-corrected chi connectivity index (χ0v) is 13.3. The van der Waals surface area contributed by atoms with Gasteiger partial charge in [-0.15, -0.1) is 0 Å². The number of hydrogen-bond donors (Lipinski definition) is 1. The molecule has 4 atom stereocenters. The second-order valence-corrected chi connectivity index (χ2v) is 6.84. The lowest BCUT2D eigenvalue weighted by molar-refractivity contribution is 0.104. The van der Waals surface area contributed by atoms with Crippen molar-refractivity contribution in [3.63, 3.8) is 0 Å². The molecular formula is C17H35N. The zero-order chi connectivity index (χ0) is 13.5. The lowest BCUT2D eigenvalue weighted by Gasteiger charge is -2.42. The van der Waals surface area contributed by atoms with Gasteiger partial charge in [0.05, 0.1) is 0 Å². The maximum absolute atomic E-state index is 3.85. The average Bonchev–Trinajstić information content (AvgIpc) is 2.34. The van der Waals surface area contributed by atoms with Crippen molar-refractivity contribution in [3.8, 4) is 0 Å². The van der Waals surface area contributed by atoms with E-state index in [1.807, 2.05) is 0 Å². The first-order valence-corrected chi connectivity index (χ1v) is 8.33. The van der Waals surface area contributed by atoms with Gasteiger partial charge in [0.1, 0.15) is 0 Å². The first-order chi connectivity index (χ1) is 8.60. The highest BCUT2D eigenvalue weighted by Gasteiger charge is 2.35. The molecule has 1 rings (SSSR count). The van der Waals surface area contributed by atoms with Crippen molar-refractivity contribution in [2.75, 3.05) is 6.54 Å². The summed E-state index contributed by atoms with van der Waals surface area (Å²) >= 11 is 0. The van der Waals surface area contributed by atoms with Crippen molar-refractivity contribution in [2.45, 2.75) is 79.2 Å². The molecular weight excluding hydrogens is 218 g/mol. The molecule has 0 radical (unpaired) electrons. The van der Waals surface area contributed by atoms with Gasteiger partial charge >= 0.3 is 0 Å². The number of rotatable bonds is 7. The minimum Gasteiger partial charge on any atom is -0.314 e. The standard InChI is InChI=1S/C17H35N/c1-6-8-17(18-11-7-2)16-12-14(5)9-10-15(16)13(3)4/h13-18H,6-12H2,1-5H3. The van der Waals surface area contributed by atoms with Crippen LogP contribution in [-0.4, -0.2) is 12.6 Å². The molecule has 1 fully saturated rings. The SMILES string of the molecule is CCCNC(CCC)C1CC(C)CCC1C(C)C. The van der Waals surface area contributed by atoms with Crippen LogP contribution >= 0.6 is 0 Å². The second kappa shape index (κ2) is 8.19. The third-order valence-corrected chi connectivity index (χ3v) is 4.85. The van der Waals surface area contributed by atoms with Crippen LogP contribution in [0.4, 0.5) is 0 Å². The van der Waals surface area contributed by atoms with Crippen LogP contribution in [0.2, 0.25) is 0 Å². The van der Waals surface area contributed by atoms with E-state index in [1.165, 1.54) is 45.1 Å². The molecule has 0 heterocycles. The van der Waals surface area contributed by atoms with Crippen LogP contribution in [0, 0.1) is 23.7 Å². The fraction of sp³-hybridized carbons (Fsp3) is 1.00. The monoisotopic (exact) mass is 253 g/mol. The largest absolute Gasteiger partial charge is 0.314 e. The Morgan fingerprint density at radius 1 is 1.06 bits per heavy atom. The normalized spacial score (nSPS) is 30.7. The molecule has 0 aliphatic heterocycles. The number of hydrogen-bond acceptors (Lipinski definition) is 1. The van der Waals surface area contributed by atoms with Gasteiger partial charge in [-0.25, -0.2) is 0 Å². The molecule has 0 saturated heterocycles. The summed E-state index contributed by atoms with van der Waals surface area (Å²) in [4.78, 5) is 0. The van der Waals surface area contributed by atoms with Gasteiger partial charge in [0, 0.05) is 6.04 Å². The molecule has 1 nitrogen and oxygen atoms in total. The highest BCUT2D eigenvalue weighted by molar-refractivity contribution is 4.88. The summed E-state index contributed by atoms with van der Waals surface area (Å²) in [7, 11) is 0. The van der Waals surface area contributed by atoms with Crippen LogP contribution in [-0.2, 0) is 0 Å². The predicted molar refractivity (Wildman–Crippen MR) is 81.8 cm³/mol. The van der Waals surface area contributed by atoms with Crippen LogP contribution in [0.15, 0.2) is 0 Å². The predicted octanol–water partition coefficient (Wildman–Crippen LogP) is 4.86. The third-order valence-electron chi connectivity index (χ3n) is 4.85. The maximum Gasteiger partial charge on any atom is 0.00980 e. The lowest BCUT2D eigenvalue weighted by Crippen LogP contribution is -2.44. The van der Waals surface area contributed by atoms with Crippen molar-refractivity contribution < 1.29 is 0 Å². The topological polar surface area (TPSA) is 12.0 Å². The quantitative estimate of drug-likeness (QED) is 0.683. The Morgan fingerprint density at radius 2 is 1.78 bits per heavy atom. The summed E-state index contributed by atoms with van der Waals surface area (Å²) in [5.41, 5.74) is 0. The second-order valence-electron chi connectivity index (χ2n) is 6.84. The van der Waals surface area contributed by atoms with E-state index in [0.29, 0.717) is 0 Å². The highest BCUT2D eigenvalue weighted by atomic mass is 14.9. The van der Waals surface area contributed by atoms with Crippen LogP contribution < -0.4 is 5.32 Å². The van der Waals surface area contributed by atoms with Gasteiger partial charge in [0.15, 0.2) is 0 Å². The van der Waals surface area contributed by atoms with Crippen molar-refractivity contribution in [2.24, 2.45) is 23.7 Å². The highest BCUT2D eigenvalue weighted by Crippen LogP contribution is 2.40. The Balaban J connectivity index is 2.68. The average molecular weight is 253 g/mol. The van der Waals surface area contributed by atoms with E-state index in [1.54, 1.807) is 0 Å². The molecule has 0 aromatic rings. The van der Waals surface area contributed by atoms with E-state index in [-0.39, 0.29) is 0 Å². The Kier molecular flexibility index (Phi) is 7.29. The molecule has 0 aromatic carbocycles. The summed E-state index contributed by atoms with van der Waals surface area (Å²) in [5, 5.41) is 3.85. The molecule has 0 amide bonds. The van der Waals surface area contributed by atoms with Gasteiger partial charge in [-0.2, -0.15) is 0 Å². The van der Waals surface area contributed by atoms with Gasteiger partial charge in [-0.05, 0) is 55.9 Å². The van der Waals surface area contributed by atoms with E-state index >= 15 is 0 Å². The van der Waals surface area contributed by atoms with E-state index in [2.05, 4.69) is 39.9 Å². The summed E-state index contributed by atoms with van der Waals surface area (Å²) in [6.07, 6.45) is 8.29. The minimum atomic E-state index is 0.769. The fourth-order valence-electron chi connectivity index (χ4n) is 3.85. The molecule has 0 bridgehead atoms. The summed E-state index contributed by atoms with van der Waals surface area (Å²) in [6, 6.07) is 0.769. The van der Waals surface area contributed by atoms with Crippen molar-refractivity contribution >= 4 is 0 Å². The van der Waals surface area contributed by atoms with Crippen LogP contribution in [0.1, 0.15) is 73.1 Å². The summed E-state index contributed by atoms with van der Waals surface area (Å²) in [5.74, 6) is 3.65. The van der Waals surface area contributed by atoms with Crippen LogP contribution in [0.5, 0.6) is 0 Å². The lowest BCUT2D eigenvalue weighted by atomic mass is 9.66. The van der Waals surface area contributed by atoms with Crippen LogP contribution in [0.3, 0.4) is 0 Å². The van der Waals surface area contributed by atoms with Gasteiger partial charge in [0.25, 0.3) is 0 Å². The Bertz CT molecular complexity index is 212. The first-order valence-electron chi connectivity index (χ1n) is 8.33. The summed E-state index contributed by atoms with van der Waals surface area (Å²) in [6.45, 7) is 13.1. The van der Waals surface area contributed by atoms with E-state index in [4.69, 9.17) is 0 Å². The van der Waals surface area contributed by atoms with E-state index < -0.39 is 0 Å². The molecule has 0 aromatic heterocycles. The Hall–Kier alpha value is -0.0400. The van der Waals surface area contributed by atoms with E-state index in [0.717, 1.165) is 29.7 Å². The van der Waals surface area contributed by atoms with Gasteiger partial charge in [-0.3, -0.25) is 0 Å². The molecule has 1 saturated carbocycles. The molecule has 1 heteroatoms. The molecule has 108 valence electrons. The Labute approximate surface area is 115 Å². The first kappa shape index (κ1) is 16.0. The third kappa shape index (κ3) is 4.57. The number of nitrogens with one attached hydrogen (secondary N) is 1. The molecule has 1 N–H and O–H groups in total. The zero-order valence-electron chi connectivity index (χ0n) is 13.3. The van der Waals surface area contributed by atoms with Crippen molar-refractivity contribution in [1.29, 1.82) is 0 Å². The molecule has 4 unspecified atom stereocenters. The molecule has 1 aliphatic carbocycles. The summed E-state index contributed by atoms with van der Waals surface area (Å²) < 4.78 is 0.